The standard InChI is InChI=1S/C21H19N3O6S/c1-12-3-6-14(7-4-12)20(28)30-16-9-13(5-8-15(16)29-2)11-22-24-21-23-19(27)17(31-21)10-18(25)26/h3-9,11,17H,10H2,1-2H3,(H,25,26)(H,23,24,27)/b22-11+. The van der Waals surface area contributed by atoms with E-state index in [2.05, 4.69) is 15.5 Å². The molecular formula is C21H19N3O6S. The van der Waals surface area contributed by atoms with Gasteiger partial charge in [0, 0.05) is 0 Å². The molecule has 1 aliphatic rings. The predicted molar refractivity (Wildman–Crippen MR) is 116 cm³/mol. The Bertz CT molecular complexity index is 1070. The van der Waals surface area contributed by atoms with Gasteiger partial charge in [-0.25, -0.2) is 4.79 Å². The molecule has 0 radical (unpaired) electrons. The van der Waals surface area contributed by atoms with Crippen molar-refractivity contribution in [2.45, 2.75) is 18.6 Å². The number of hydrogen-bond donors (Lipinski definition) is 2. The molecule has 2 N–H and O–H groups in total. The SMILES string of the molecule is COc1ccc(/C=N/N=C2\NC(=O)C(CC(=O)O)S2)cc1OC(=O)c1ccc(C)cc1. The van der Waals surface area contributed by atoms with Crippen molar-refractivity contribution in [2.24, 2.45) is 10.2 Å². The highest BCUT2D eigenvalue weighted by Crippen LogP contribution is 2.28. The van der Waals surface area contributed by atoms with E-state index in [0.717, 1.165) is 17.3 Å². The number of thioether (sulfide) groups is 1. The van der Waals surface area contributed by atoms with Crippen LogP contribution in [0.2, 0.25) is 0 Å². The lowest BCUT2D eigenvalue weighted by Crippen LogP contribution is -2.26. The Kier molecular flexibility index (Phi) is 7.03. The van der Waals surface area contributed by atoms with E-state index in [1.807, 2.05) is 19.1 Å². The molecule has 1 unspecified atom stereocenters. The number of carboxylic acids is 1. The molecule has 0 aliphatic carbocycles. The predicted octanol–water partition coefficient (Wildman–Crippen LogP) is 2.62. The van der Waals surface area contributed by atoms with Gasteiger partial charge in [-0.1, -0.05) is 29.5 Å². The van der Waals surface area contributed by atoms with E-state index in [1.54, 1.807) is 30.3 Å². The zero-order valence-electron chi connectivity index (χ0n) is 16.7. The number of aryl methyl sites for hydroxylation is 1. The van der Waals surface area contributed by atoms with Crippen LogP contribution in [-0.2, 0) is 9.59 Å². The van der Waals surface area contributed by atoms with Gasteiger partial charge in [0.1, 0.15) is 5.25 Å². The van der Waals surface area contributed by atoms with E-state index in [4.69, 9.17) is 14.6 Å². The molecule has 1 atom stereocenters. The van der Waals surface area contributed by atoms with Gasteiger partial charge in [-0.05, 0) is 42.8 Å². The molecule has 9 nitrogen and oxygen atoms in total. The van der Waals surface area contributed by atoms with Crippen molar-refractivity contribution in [1.82, 2.24) is 5.32 Å². The number of carbonyl (C=O) groups excluding carboxylic acids is 2. The molecule has 0 aromatic heterocycles. The monoisotopic (exact) mass is 441 g/mol. The molecule has 10 heteroatoms. The van der Waals surface area contributed by atoms with Crippen LogP contribution in [0.3, 0.4) is 0 Å². The number of nitrogens with zero attached hydrogens (tertiary/aromatic N) is 2. The summed E-state index contributed by atoms with van der Waals surface area (Å²) in [6, 6.07) is 11.9. The normalized spacial score (nSPS) is 17.0. The van der Waals surface area contributed by atoms with E-state index in [1.165, 1.54) is 13.3 Å². The summed E-state index contributed by atoms with van der Waals surface area (Å²) in [6.45, 7) is 1.92. The van der Waals surface area contributed by atoms with E-state index < -0.39 is 23.1 Å². The minimum Gasteiger partial charge on any atom is -0.493 e. The number of aliphatic carboxylic acids is 1. The summed E-state index contributed by atoms with van der Waals surface area (Å²) in [7, 11) is 1.46. The molecule has 2 aromatic carbocycles. The van der Waals surface area contributed by atoms with Gasteiger partial charge >= 0.3 is 11.9 Å². The third kappa shape index (κ3) is 5.92. The number of esters is 1. The number of amides is 1. The van der Waals surface area contributed by atoms with Gasteiger partial charge in [-0.3, -0.25) is 9.59 Å². The third-order valence-corrected chi connectivity index (χ3v) is 5.24. The minimum atomic E-state index is -1.07. The van der Waals surface area contributed by atoms with Crippen LogP contribution < -0.4 is 14.8 Å². The summed E-state index contributed by atoms with van der Waals surface area (Å²) < 4.78 is 10.7. The number of nitrogens with one attached hydrogen (secondary N) is 1. The van der Waals surface area contributed by atoms with Crippen molar-refractivity contribution in [2.75, 3.05) is 7.11 Å². The summed E-state index contributed by atoms with van der Waals surface area (Å²) in [5.41, 5.74) is 2.01. The number of benzene rings is 2. The number of carboxylic acid groups (broad SMARTS) is 1. The molecule has 1 saturated heterocycles. The van der Waals surface area contributed by atoms with E-state index >= 15 is 0 Å². The van der Waals surface area contributed by atoms with Crippen LogP contribution in [0, 0.1) is 6.92 Å². The van der Waals surface area contributed by atoms with E-state index in [0.29, 0.717) is 16.9 Å². The maximum atomic E-state index is 12.4. The fraction of sp³-hybridized carbons (Fsp3) is 0.190. The molecule has 1 heterocycles. The molecule has 160 valence electrons. The quantitative estimate of drug-likeness (QED) is 0.293. The summed E-state index contributed by atoms with van der Waals surface area (Å²) in [4.78, 5) is 34.9. The maximum absolute atomic E-state index is 12.4. The second-order valence-electron chi connectivity index (χ2n) is 6.51. The molecule has 1 aliphatic heterocycles. The Labute approximate surface area is 182 Å². The van der Waals surface area contributed by atoms with Crippen LogP contribution in [0.4, 0.5) is 0 Å². The summed E-state index contributed by atoms with van der Waals surface area (Å²) in [6.07, 6.45) is 1.11. The average molecular weight is 441 g/mol. The lowest BCUT2D eigenvalue weighted by Gasteiger charge is -2.10. The van der Waals surface area contributed by atoms with Crippen LogP contribution in [0.5, 0.6) is 11.5 Å². The second kappa shape index (κ2) is 9.90. The summed E-state index contributed by atoms with van der Waals surface area (Å²) in [5, 5.41) is 18.6. The van der Waals surface area contributed by atoms with Gasteiger partial charge < -0.3 is 19.9 Å². The molecule has 0 saturated carbocycles. The fourth-order valence-corrected chi connectivity index (χ4v) is 3.51. The van der Waals surface area contributed by atoms with Crippen molar-refractivity contribution in [3.8, 4) is 11.5 Å². The Balaban J connectivity index is 1.71. The van der Waals surface area contributed by atoms with Crippen molar-refractivity contribution < 1.29 is 29.0 Å². The average Bonchev–Trinajstić information content (AvgIpc) is 3.07. The van der Waals surface area contributed by atoms with Crippen LogP contribution >= 0.6 is 11.8 Å². The Morgan fingerprint density at radius 1 is 1.19 bits per heavy atom. The highest BCUT2D eigenvalue weighted by molar-refractivity contribution is 8.15. The first kappa shape index (κ1) is 22.0. The number of carbonyl (C=O) groups is 3. The number of hydrogen-bond acceptors (Lipinski definition) is 8. The van der Waals surface area contributed by atoms with Gasteiger partial charge in [0.25, 0.3) is 0 Å². The smallest absolute Gasteiger partial charge is 0.343 e. The van der Waals surface area contributed by atoms with Gasteiger partial charge in [-0.15, -0.1) is 5.10 Å². The van der Waals surface area contributed by atoms with Gasteiger partial charge in [0.2, 0.25) is 5.91 Å². The van der Waals surface area contributed by atoms with Crippen LogP contribution in [0.15, 0.2) is 52.7 Å². The van der Waals surface area contributed by atoms with Crippen molar-refractivity contribution >= 4 is 41.0 Å². The van der Waals surface area contributed by atoms with Crippen LogP contribution in [0.1, 0.15) is 27.9 Å². The first-order valence-electron chi connectivity index (χ1n) is 9.13. The minimum absolute atomic E-state index is 0.215. The molecule has 2 aromatic rings. The number of rotatable bonds is 7. The van der Waals surface area contributed by atoms with Gasteiger partial charge in [-0.2, -0.15) is 5.10 Å². The molecule has 0 spiro atoms. The van der Waals surface area contributed by atoms with Crippen LogP contribution in [0.25, 0.3) is 0 Å². The summed E-state index contributed by atoms with van der Waals surface area (Å²) >= 11 is 1.00. The zero-order valence-corrected chi connectivity index (χ0v) is 17.5. The highest BCUT2D eigenvalue weighted by Gasteiger charge is 2.32. The molecule has 3 rings (SSSR count). The highest BCUT2D eigenvalue weighted by atomic mass is 32.2. The van der Waals surface area contributed by atoms with E-state index in [-0.39, 0.29) is 17.3 Å². The third-order valence-electron chi connectivity index (χ3n) is 4.17. The molecule has 1 amide bonds. The maximum Gasteiger partial charge on any atom is 0.343 e. The Morgan fingerprint density at radius 3 is 2.61 bits per heavy atom. The lowest BCUT2D eigenvalue weighted by atomic mass is 10.1. The zero-order chi connectivity index (χ0) is 22.4. The van der Waals surface area contributed by atoms with Crippen molar-refractivity contribution in [3.63, 3.8) is 0 Å². The second-order valence-corrected chi connectivity index (χ2v) is 7.70. The first-order valence-corrected chi connectivity index (χ1v) is 10.0. The first-order chi connectivity index (χ1) is 14.9. The summed E-state index contributed by atoms with van der Waals surface area (Å²) in [5.74, 6) is -1.42. The van der Waals surface area contributed by atoms with Gasteiger partial charge in [0.05, 0.1) is 25.3 Å². The number of amidine groups is 1. The van der Waals surface area contributed by atoms with Crippen LogP contribution in [-0.4, -0.2) is 46.7 Å². The Morgan fingerprint density at radius 2 is 1.94 bits per heavy atom. The lowest BCUT2D eigenvalue weighted by molar-refractivity contribution is -0.138. The topological polar surface area (TPSA) is 127 Å². The molecule has 1 fully saturated rings. The number of methoxy groups -OCH3 is 1. The molecule has 0 bridgehead atoms. The van der Waals surface area contributed by atoms with Crippen molar-refractivity contribution in [3.05, 3.63) is 59.2 Å². The molecular weight excluding hydrogens is 422 g/mol. The fourth-order valence-electron chi connectivity index (χ4n) is 2.59. The largest absolute Gasteiger partial charge is 0.493 e. The van der Waals surface area contributed by atoms with E-state index in [9.17, 15) is 14.4 Å². The van der Waals surface area contributed by atoms with Gasteiger partial charge in [0.15, 0.2) is 16.7 Å². The number of ether oxygens (including phenoxy) is 2. The Hall–Kier alpha value is -3.66. The van der Waals surface area contributed by atoms with Crippen molar-refractivity contribution in [1.29, 1.82) is 0 Å². The molecule has 31 heavy (non-hydrogen) atoms.